The Morgan fingerprint density at radius 3 is 2.82 bits per heavy atom. The van der Waals surface area contributed by atoms with Crippen LogP contribution >= 0.6 is 0 Å². The van der Waals surface area contributed by atoms with E-state index in [4.69, 9.17) is 14.7 Å². The van der Waals surface area contributed by atoms with Crippen LogP contribution in [0.3, 0.4) is 0 Å². The fourth-order valence-electron chi connectivity index (χ4n) is 3.32. The molecule has 0 aliphatic heterocycles. The lowest BCUT2D eigenvalue weighted by atomic mass is 10.1. The number of hydrogen-bond donors (Lipinski definition) is 4. The minimum Gasteiger partial charge on any atom is -0.495 e. The number of rotatable bonds is 8. The number of aromatic nitrogens is 5. The number of fused-ring (bicyclic) bond motifs is 1. The zero-order valence-electron chi connectivity index (χ0n) is 18.7. The van der Waals surface area contributed by atoms with Crippen molar-refractivity contribution >= 4 is 28.6 Å². The Morgan fingerprint density at radius 2 is 2.15 bits per heavy atom. The van der Waals surface area contributed by atoms with Crippen LogP contribution in [0.15, 0.2) is 36.8 Å². The number of nitrogens with zero attached hydrogens (tertiary/aromatic N) is 4. The molecule has 11 nitrogen and oxygen atoms in total. The van der Waals surface area contributed by atoms with Crippen molar-refractivity contribution in [2.75, 3.05) is 12.4 Å². The minimum atomic E-state index is -0.643. The number of hydroxylamine groups is 1. The molecule has 0 aliphatic carbocycles. The van der Waals surface area contributed by atoms with Gasteiger partial charge in [-0.25, -0.2) is 5.48 Å². The van der Waals surface area contributed by atoms with E-state index < -0.39 is 5.91 Å². The Labute approximate surface area is 189 Å². The molecule has 4 aromatic rings. The lowest BCUT2D eigenvalue weighted by Gasteiger charge is -2.15. The smallest absolute Gasteiger partial charge is 0.274 e. The number of aryl methyl sites for hydroxylation is 1. The number of amides is 1. The SMILES string of the molecule is CC[C@H](C)Oc1nc(Nc2ccc(C(=O)NO)cc2OC)nc2[nH]cc(-c3cnn(C)c3)c12. The average molecular weight is 451 g/mol. The molecule has 1 aromatic carbocycles. The normalized spacial score (nSPS) is 11.9. The molecule has 0 saturated heterocycles. The highest BCUT2D eigenvalue weighted by atomic mass is 16.5. The molecule has 4 N–H and O–H groups in total. The van der Waals surface area contributed by atoms with E-state index in [1.807, 2.05) is 33.3 Å². The second-order valence-electron chi connectivity index (χ2n) is 7.50. The van der Waals surface area contributed by atoms with Crippen molar-refractivity contribution in [2.45, 2.75) is 26.4 Å². The van der Waals surface area contributed by atoms with Crippen molar-refractivity contribution in [3.63, 3.8) is 0 Å². The van der Waals surface area contributed by atoms with Crippen LogP contribution in [0.2, 0.25) is 0 Å². The van der Waals surface area contributed by atoms with Crippen LogP contribution in [0.1, 0.15) is 30.6 Å². The fraction of sp³-hybridized carbons (Fsp3) is 0.273. The first kappa shape index (κ1) is 22.1. The highest BCUT2D eigenvalue weighted by Crippen LogP contribution is 2.36. The Bertz CT molecular complexity index is 1300. The van der Waals surface area contributed by atoms with E-state index >= 15 is 0 Å². The van der Waals surface area contributed by atoms with E-state index in [9.17, 15) is 4.79 Å². The number of nitrogens with one attached hydrogen (secondary N) is 3. The van der Waals surface area contributed by atoms with Gasteiger partial charge in [0.2, 0.25) is 11.8 Å². The molecular weight excluding hydrogens is 426 g/mol. The number of ether oxygens (including phenoxy) is 2. The number of benzene rings is 1. The molecule has 0 spiro atoms. The molecular formula is C22H25N7O4. The molecule has 0 aliphatic rings. The molecule has 0 saturated carbocycles. The molecule has 4 rings (SSSR count). The van der Waals surface area contributed by atoms with Crippen LogP contribution in [0, 0.1) is 0 Å². The van der Waals surface area contributed by atoms with Gasteiger partial charge >= 0.3 is 0 Å². The predicted molar refractivity (Wildman–Crippen MR) is 122 cm³/mol. The second kappa shape index (κ2) is 9.17. The molecule has 0 unspecified atom stereocenters. The molecule has 172 valence electrons. The molecule has 1 amide bonds. The summed E-state index contributed by atoms with van der Waals surface area (Å²) >= 11 is 0. The number of carbonyl (C=O) groups is 1. The number of hydrogen-bond acceptors (Lipinski definition) is 8. The lowest BCUT2D eigenvalue weighted by Crippen LogP contribution is -2.18. The predicted octanol–water partition coefficient (Wildman–Crippen LogP) is 3.41. The monoisotopic (exact) mass is 451 g/mol. The van der Waals surface area contributed by atoms with Gasteiger partial charge in [0, 0.05) is 36.1 Å². The number of carbonyl (C=O) groups excluding carboxylic acids is 1. The van der Waals surface area contributed by atoms with Gasteiger partial charge in [0.05, 0.1) is 30.5 Å². The van der Waals surface area contributed by atoms with E-state index in [1.165, 1.54) is 13.2 Å². The molecule has 33 heavy (non-hydrogen) atoms. The average Bonchev–Trinajstić information content (AvgIpc) is 3.44. The van der Waals surface area contributed by atoms with E-state index in [-0.39, 0.29) is 17.6 Å². The van der Waals surface area contributed by atoms with E-state index in [0.29, 0.717) is 23.0 Å². The molecule has 3 heterocycles. The molecule has 0 fully saturated rings. The summed E-state index contributed by atoms with van der Waals surface area (Å²) in [6.07, 6.45) is 6.29. The third kappa shape index (κ3) is 4.44. The Kier molecular flexibility index (Phi) is 6.13. The van der Waals surface area contributed by atoms with Crippen LogP contribution in [0.5, 0.6) is 11.6 Å². The summed E-state index contributed by atoms with van der Waals surface area (Å²) in [6, 6.07) is 4.68. The van der Waals surface area contributed by atoms with Crippen LogP contribution in [-0.4, -0.2) is 49.1 Å². The van der Waals surface area contributed by atoms with Crippen molar-refractivity contribution in [3.8, 4) is 22.8 Å². The fourth-order valence-corrected chi connectivity index (χ4v) is 3.32. The number of H-pyrrole nitrogens is 1. The zero-order chi connectivity index (χ0) is 23.5. The van der Waals surface area contributed by atoms with Crippen LogP contribution in [0.4, 0.5) is 11.6 Å². The van der Waals surface area contributed by atoms with Crippen molar-refractivity contribution in [3.05, 3.63) is 42.4 Å². The van der Waals surface area contributed by atoms with E-state index in [2.05, 4.69) is 25.4 Å². The molecule has 1 atom stereocenters. The number of methoxy groups -OCH3 is 1. The summed E-state index contributed by atoms with van der Waals surface area (Å²) in [6.45, 7) is 4.02. The Morgan fingerprint density at radius 1 is 1.33 bits per heavy atom. The maximum atomic E-state index is 11.7. The van der Waals surface area contributed by atoms with Gasteiger partial charge < -0.3 is 19.8 Å². The highest BCUT2D eigenvalue weighted by molar-refractivity contribution is 5.98. The van der Waals surface area contributed by atoms with Crippen molar-refractivity contribution < 1.29 is 19.5 Å². The summed E-state index contributed by atoms with van der Waals surface area (Å²) in [7, 11) is 3.34. The molecule has 0 radical (unpaired) electrons. The largest absolute Gasteiger partial charge is 0.495 e. The molecule has 0 bridgehead atoms. The van der Waals surface area contributed by atoms with Gasteiger partial charge in [0.1, 0.15) is 11.4 Å². The van der Waals surface area contributed by atoms with Gasteiger partial charge in [0.25, 0.3) is 5.91 Å². The van der Waals surface area contributed by atoms with Gasteiger partial charge in [-0.05, 0) is 31.5 Å². The van der Waals surface area contributed by atoms with Gasteiger partial charge in [-0.2, -0.15) is 15.1 Å². The quantitative estimate of drug-likeness (QED) is 0.236. The maximum Gasteiger partial charge on any atom is 0.274 e. The Hall–Kier alpha value is -4.12. The molecule has 3 aromatic heterocycles. The first-order valence-corrected chi connectivity index (χ1v) is 10.4. The van der Waals surface area contributed by atoms with Gasteiger partial charge in [-0.3, -0.25) is 14.7 Å². The maximum absolute atomic E-state index is 11.7. The van der Waals surface area contributed by atoms with Crippen LogP contribution in [-0.2, 0) is 7.05 Å². The minimum absolute atomic E-state index is 0.0570. The summed E-state index contributed by atoms with van der Waals surface area (Å²) in [4.78, 5) is 24.1. The summed E-state index contributed by atoms with van der Waals surface area (Å²) in [5.41, 5.74) is 4.79. The van der Waals surface area contributed by atoms with Crippen molar-refractivity contribution in [1.82, 2.24) is 30.2 Å². The van der Waals surface area contributed by atoms with Gasteiger partial charge in [0.15, 0.2) is 0 Å². The number of anilines is 2. The zero-order valence-corrected chi connectivity index (χ0v) is 18.7. The van der Waals surface area contributed by atoms with E-state index in [1.54, 1.807) is 28.5 Å². The first-order chi connectivity index (χ1) is 15.9. The standard InChI is InChI=1S/C22H25N7O4/c1-5-12(2)33-21-18-15(14-9-24-29(3)11-14)10-23-19(18)26-22(27-21)25-16-7-6-13(20(30)28-31)8-17(16)32-4/h6-12,31H,5H2,1-4H3,(H,28,30)(H2,23,25,26,27)/t12-/m0/s1. The van der Waals surface area contributed by atoms with E-state index in [0.717, 1.165) is 22.9 Å². The van der Waals surface area contributed by atoms with Crippen LogP contribution < -0.4 is 20.3 Å². The molecule has 11 heteroatoms. The van der Waals surface area contributed by atoms with Gasteiger partial charge in [-0.15, -0.1) is 0 Å². The summed E-state index contributed by atoms with van der Waals surface area (Å²) in [5, 5.41) is 17.0. The highest BCUT2D eigenvalue weighted by Gasteiger charge is 2.19. The van der Waals surface area contributed by atoms with Crippen molar-refractivity contribution in [1.29, 1.82) is 0 Å². The second-order valence-corrected chi connectivity index (χ2v) is 7.50. The van der Waals surface area contributed by atoms with Crippen molar-refractivity contribution in [2.24, 2.45) is 7.05 Å². The Balaban J connectivity index is 1.77. The summed E-state index contributed by atoms with van der Waals surface area (Å²) < 4.78 is 13.3. The first-order valence-electron chi connectivity index (χ1n) is 10.4. The topological polar surface area (TPSA) is 139 Å². The number of aromatic amines is 1. The van der Waals surface area contributed by atoms with Crippen LogP contribution in [0.25, 0.3) is 22.2 Å². The third-order valence-electron chi connectivity index (χ3n) is 5.21. The third-order valence-corrected chi connectivity index (χ3v) is 5.21. The lowest BCUT2D eigenvalue weighted by molar-refractivity contribution is 0.0706. The summed E-state index contributed by atoms with van der Waals surface area (Å²) in [5.74, 6) is 0.466. The van der Waals surface area contributed by atoms with Gasteiger partial charge in [-0.1, -0.05) is 6.92 Å².